The van der Waals surface area contributed by atoms with Gasteiger partial charge in [-0.05, 0) is 18.2 Å². The van der Waals surface area contributed by atoms with Crippen LogP contribution in [0.2, 0.25) is 0 Å². The molecule has 0 aliphatic heterocycles. The van der Waals surface area contributed by atoms with Crippen LogP contribution in [0.4, 0.5) is 27.1 Å². The number of carbonyl (C=O) groups excluding carboxylic acids is 1. The Balaban J connectivity index is 1.88. The Labute approximate surface area is 145 Å². The first-order chi connectivity index (χ1) is 11.7. The van der Waals surface area contributed by atoms with Crippen molar-refractivity contribution in [2.45, 2.75) is 10.5 Å². The molecule has 0 spiro atoms. The second-order valence-electron chi connectivity index (χ2n) is 4.61. The maximum atomic E-state index is 13.2. The minimum atomic E-state index is -4.60. The number of nitrogens with zero attached hydrogens (tertiary/aromatic N) is 2. The van der Waals surface area contributed by atoms with E-state index in [-0.39, 0.29) is 20.9 Å². The normalized spacial score (nSPS) is 11.7. The van der Waals surface area contributed by atoms with Crippen LogP contribution in [0.15, 0.2) is 35.5 Å². The highest BCUT2D eigenvalue weighted by Gasteiger charge is 2.32. The molecule has 0 fully saturated rings. The molecule has 4 nitrogen and oxygen atoms in total. The zero-order valence-corrected chi connectivity index (χ0v) is 13.5. The minimum Gasteiger partial charge on any atom is -0.298 e. The molecule has 0 aliphatic rings. The molecule has 2 heterocycles. The third-order valence-electron chi connectivity index (χ3n) is 2.88. The molecule has 3 aromatic rings. The number of nitrogens with one attached hydrogen (secondary N) is 1. The first-order valence-corrected chi connectivity index (χ1v) is 8.14. The number of hydrogen-bond donors (Lipinski definition) is 1. The average molecular weight is 391 g/mol. The standard InChI is InChI=1S/C14H6F5N3OS2/c15-7-4-9-10(5-8(7)16)24-13(21-9)22-11(23)6-2-1-3-20-12(6)25-14(17,18)19/h1-5H,(H,21,22,23). The van der Waals surface area contributed by atoms with Crippen molar-refractivity contribution < 1.29 is 26.7 Å². The fourth-order valence-electron chi connectivity index (χ4n) is 1.90. The first-order valence-electron chi connectivity index (χ1n) is 6.50. The Hall–Kier alpha value is -2.27. The van der Waals surface area contributed by atoms with Crippen LogP contribution in [0, 0.1) is 11.6 Å². The molecule has 0 aliphatic carbocycles. The van der Waals surface area contributed by atoms with Gasteiger partial charge >= 0.3 is 5.51 Å². The van der Waals surface area contributed by atoms with Gasteiger partial charge in [0.05, 0.1) is 15.8 Å². The van der Waals surface area contributed by atoms with Crippen LogP contribution < -0.4 is 5.32 Å². The van der Waals surface area contributed by atoms with Gasteiger partial charge in [-0.1, -0.05) is 11.3 Å². The highest BCUT2D eigenvalue weighted by Crippen LogP contribution is 2.37. The lowest BCUT2D eigenvalue weighted by molar-refractivity contribution is -0.0329. The zero-order chi connectivity index (χ0) is 18.2. The van der Waals surface area contributed by atoms with Gasteiger partial charge in [0, 0.05) is 24.0 Å². The lowest BCUT2D eigenvalue weighted by Crippen LogP contribution is -2.14. The number of benzene rings is 1. The molecule has 0 atom stereocenters. The van der Waals surface area contributed by atoms with E-state index in [0.29, 0.717) is 0 Å². The summed E-state index contributed by atoms with van der Waals surface area (Å²) >= 11 is 0.350. The number of pyridine rings is 1. The molecule has 3 rings (SSSR count). The van der Waals surface area contributed by atoms with Crippen LogP contribution in [0.3, 0.4) is 0 Å². The lowest BCUT2D eigenvalue weighted by atomic mass is 10.3. The predicted octanol–water partition coefficient (Wildman–Crippen LogP) is 4.83. The second-order valence-corrected chi connectivity index (χ2v) is 6.70. The van der Waals surface area contributed by atoms with Gasteiger partial charge in [0.1, 0.15) is 5.03 Å². The van der Waals surface area contributed by atoms with Gasteiger partial charge in [-0.2, -0.15) is 13.2 Å². The van der Waals surface area contributed by atoms with Gasteiger partial charge in [0.2, 0.25) is 0 Å². The minimum absolute atomic E-state index is 0.00295. The van der Waals surface area contributed by atoms with Crippen molar-refractivity contribution in [3.8, 4) is 0 Å². The van der Waals surface area contributed by atoms with Crippen LogP contribution in [-0.2, 0) is 0 Å². The number of halogens is 5. The number of fused-ring (bicyclic) bond motifs is 1. The summed E-state index contributed by atoms with van der Waals surface area (Å²) < 4.78 is 64.3. The molecule has 11 heteroatoms. The first kappa shape index (κ1) is 17.5. The molecular weight excluding hydrogens is 385 g/mol. The van der Waals surface area contributed by atoms with E-state index in [2.05, 4.69) is 15.3 Å². The van der Waals surface area contributed by atoms with E-state index in [4.69, 9.17) is 0 Å². The molecule has 2 aromatic heterocycles. The van der Waals surface area contributed by atoms with Gasteiger partial charge in [0.25, 0.3) is 5.91 Å². The van der Waals surface area contributed by atoms with Crippen molar-refractivity contribution in [3.63, 3.8) is 0 Å². The molecule has 1 aromatic carbocycles. The number of carbonyl (C=O) groups is 1. The maximum absolute atomic E-state index is 13.2. The number of anilines is 1. The van der Waals surface area contributed by atoms with Gasteiger partial charge in [-0.15, -0.1) is 0 Å². The van der Waals surface area contributed by atoms with Gasteiger partial charge < -0.3 is 0 Å². The summed E-state index contributed by atoms with van der Waals surface area (Å²) in [5.41, 5.74) is -4.77. The third-order valence-corrected chi connectivity index (χ3v) is 4.56. The summed E-state index contributed by atoms with van der Waals surface area (Å²) in [4.78, 5) is 19.7. The predicted molar refractivity (Wildman–Crippen MR) is 83.6 cm³/mol. The number of thioether (sulfide) groups is 1. The summed E-state index contributed by atoms with van der Waals surface area (Å²) in [6.07, 6.45) is 1.13. The summed E-state index contributed by atoms with van der Waals surface area (Å²) in [5.74, 6) is -3.02. The maximum Gasteiger partial charge on any atom is 0.447 e. The topological polar surface area (TPSA) is 54.9 Å². The number of amides is 1. The molecule has 0 saturated carbocycles. The van der Waals surface area contributed by atoms with Crippen molar-refractivity contribution in [2.24, 2.45) is 0 Å². The number of alkyl halides is 3. The Morgan fingerprint density at radius 1 is 1.20 bits per heavy atom. The van der Waals surface area contributed by atoms with Crippen LogP contribution in [0.1, 0.15) is 10.4 Å². The van der Waals surface area contributed by atoms with Crippen LogP contribution in [0.25, 0.3) is 10.2 Å². The SMILES string of the molecule is O=C(Nc1nc2cc(F)c(F)cc2s1)c1cccnc1SC(F)(F)F. The van der Waals surface area contributed by atoms with E-state index in [1.54, 1.807) is 0 Å². The van der Waals surface area contributed by atoms with E-state index in [1.165, 1.54) is 12.1 Å². The molecule has 0 saturated heterocycles. The van der Waals surface area contributed by atoms with Crippen molar-refractivity contribution in [1.29, 1.82) is 0 Å². The van der Waals surface area contributed by atoms with Crippen molar-refractivity contribution in [2.75, 3.05) is 5.32 Å². The van der Waals surface area contributed by atoms with Crippen LogP contribution >= 0.6 is 23.1 Å². The van der Waals surface area contributed by atoms with Crippen LogP contribution in [-0.4, -0.2) is 21.4 Å². The summed E-state index contributed by atoms with van der Waals surface area (Å²) in [5, 5.41) is 1.80. The van der Waals surface area contributed by atoms with Crippen LogP contribution in [0.5, 0.6) is 0 Å². The van der Waals surface area contributed by atoms with E-state index >= 15 is 0 Å². The molecule has 1 N–H and O–H groups in total. The summed E-state index contributed by atoms with van der Waals surface area (Å²) in [6.45, 7) is 0. The highest BCUT2D eigenvalue weighted by molar-refractivity contribution is 8.00. The van der Waals surface area contributed by atoms with E-state index in [1.807, 2.05) is 0 Å². The summed E-state index contributed by atoms with van der Waals surface area (Å²) in [6, 6.07) is 4.29. The number of hydrogen-bond acceptors (Lipinski definition) is 5. The molecule has 0 bridgehead atoms. The fourth-order valence-corrected chi connectivity index (χ4v) is 3.37. The van der Waals surface area contributed by atoms with Crippen molar-refractivity contribution >= 4 is 44.4 Å². The highest BCUT2D eigenvalue weighted by atomic mass is 32.2. The number of aromatic nitrogens is 2. The largest absolute Gasteiger partial charge is 0.447 e. The molecule has 25 heavy (non-hydrogen) atoms. The zero-order valence-electron chi connectivity index (χ0n) is 11.9. The third kappa shape index (κ3) is 4.04. The smallest absolute Gasteiger partial charge is 0.298 e. The van der Waals surface area contributed by atoms with Gasteiger partial charge in [0.15, 0.2) is 16.8 Å². The van der Waals surface area contributed by atoms with Gasteiger partial charge in [-0.25, -0.2) is 18.7 Å². The quantitative estimate of drug-likeness (QED) is 0.513. The number of thiazole rings is 1. The lowest BCUT2D eigenvalue weighted by Gasteiger charge is -2.09. The van der Waals surface area contributed by atoms with Crippen molar-refractivity contribution in [3.05, 3.63) is 47.7 Å². The monoisotopic (exact) mass is 391 g/mol. The molecule has 0 unspecified atom stereocenters. The molecule has 0 radical (unpaired) electrons. The van der Waals surface area contributed by atoms with Gasteiger partial charge in [-0.3, -0.25) is 10.1 Å². The second kappa shape index (κ2) is 6.56. The fraction of sp³-hybridized carbons (Fsp3) is 0.0714. The Bertz CT molecular complexity index is 918. The van der Waals surface area contributed by atoms with E-state index in [0.717, 1.165) is 29.7 Å². The molecule has 130 valence electrons. The molecule has 1 amide bonds. The van der Waals surface area contributed by atoms with Crippen molar-refractivity contribution in [1.82, 2.24) is 9.97 Å². The Kier molecular flexibility index (Phi) is 4.60. The summed E-state index contributed by atoms with van der Waals surface area (Å²) in [7, 11) is 0. The molecular formula is C14H6F5N3OS2. The van der Waals surface area contributed by atoms with E-state index < -0.39 is 39.8 Å². The Morgan fingerprint density at radius 3 is 2.64 bits per heavy atom. The average Bonchev–Trinajstić information content (AvgIpc) is 2.87. The Morgan fingerprint density at radius 2 is 1.92 bits per heavy atom. The number of rotatable bonds is 3. The van der Waals surface area contributed by atoms with E-state index in [9.17, 15) is 26.7 Å².